The Labute approximate surface area is 173 Å². The molecule has 0 saturated heterocycles. The summed E-state index contributed by atoms with van der Waals surface area (Å²) in [5.74, 6) is 0.854. The van der Waals surface area contributed by atoms with Gasteiger partial charge in [-0.1, -0.05) is 30.3 Å². The molecule has 5 rings (SSSR count). The Hall–Kier alpha value is -3.12. The second-order valence-electron chi connectivity index (χ2n) is 7.22. The van der Waals surface area contributed by atoms with Crippen LogP contribution in [0.3, 0.4) is 0 Å². The molecule has 0 atom stereocenters. The van der Waals surface area contributed by atoms with Gasteiger partial charge in [0.25, 0.3) is 5.91 Å². The maximum Gasteiger partial charge on any atom is 0.268 e. The lowest BCUT2D eigenvalue weighted by Gasteiger charge is -2.29. The minimum absolute atomic E-state index is 0.0648. The van der Waals surface area contributed by atoms with Gasteiger partial charge in [0.1, 0.15) is 16.3 Å². The molecule has 0 aliphatic carbocycles. The Bertz CT molecular complexity index is 1220. The standard InChI is InChI=1S/C23H21N3O2S/c1-25-23-18(21(24-25)16-8-5-10-17(13-16)28-2)14-20(29-23)22(27)26-12-6-9-15-7-3-4-11-19(15)26/h3-5,7-8,10-11,13-14H,6,9,12H2,1-2H3. The monoisotopic (exact) mass is 403 g/mol. The van der Waals surface area contributed by atoms with E-state index >= 15 is 0 Å². The molecule has 0 N–H and O–H groups in total. The average Bonchev–Trinajstić information content (AvgIpc) is 3.33. The summed E-state index contributed by atoms with van der Waals surface area (Å²) in [7, 11) is 3.58. The van der Waals surface area contributed by atoms with E-state index in [4.69, 9.17) is 9.84 Å². The first-order valence-corrected chi connectivity index (χ1v) is 10.5. The van der Waals surface area contributed by atoms with Crippen LogP contribution in [0, 0.1) is 0 Å². The first-order valence-electron chi connectivity index (χ1n) is 9.66. The highest BCUT2D eigenvalue weighted by Crippen LogP contribution is 2.36. The molecular weight excluding hydrogens is 382 g/mol. The lowest BCUT2D eigenvalue weighted by Crippen LogP contribution is -2.34. The number of aryl methyl sites for hydroxylation is 2. The maximum absolute atomic E-state index is 13.4. The number of benzene rings is 2. The van der Waals surface area contributed by atoms with Gasteiger partial charge in [0.15, 0.2) is 0 Å². The zero-order valence-corrected chi connectivity index (χ0v) is 17.2. The van der Waals surface area contributed by atoms with Crippen LogP contribution in [0.2, 0.25) is 0 Å². The van der Waals surface area contributed by atoms with Gasteiger partial charge in [-0.3, -0.25) is 9.48 Å². The lowest BCUT2D eigenvalue weighted by molar-refractivity contribution is 0.0989. The van der Waals surface area contributed by atoms with E-state index < -0.39 is 0 Å². The minimum atomic E-state index is 0.0648. The number of para-hydroxylation sites is 1. The number of carbonyl (C=O) groups is 1. The summed E-state index contributed by atoms with van der Waals surface area (Å²) in [6.07, 6.45) is 2.01. The van der Waals surface area contributed by atoms with Crippen LogP contribution in [-0.4, -0.2) is 29.3 Å². The highest BCUT2D eigenvalue weighted by Gasteiger charge is 2.26. The van der Waals surface area contributed by atoms with Crippen LogP contribution in [0.15, 0.2) is 54.6 Å². The molecule has 6 heteroatoms. The maximum atomic E-state index is 13.4. The number of thiophene rings is 1. The van der Waals surface area contributed by atoms with Crippen LogP contribution >= 0.6 is 11.3 Å². The third-order valence-corrected chi connectivity index (χ3v) is 6.61. The number of rotatable bonds is 3. The fourth-order valence-electron chi connectivity index (χ4n) is 4.01. The SMILES string of the molecule is COc1cccc(-c2nn(C)c3sc(C(=O)N4CCCc5ccccc54)cc23)c1. The van der Waals surface area contributed by atoms with Gasteiger partial charge < -0.3 is 9.64 Å². The molecule has 0 fully saturated rings. The second kappa shape index (κ2) is 7.04. The van der Waals surface area contributed by atoms with Crippen molar-refractivity contribution in [1.29, 1.82) is 0 Å². The van der Waals surface area contributed by atoms with Crippen LogP contribution in [0.4, 0.5) is 5.69 Å². The van der Waals surface area contributed by atoms with Crippen molar-refractivity contribution in [3.8, 4) is 17.0 Å². The van der Waals surface area contributed by atoms with Gasteiger partial charge in [-0.25, -0.2) is 0 Å². The number of hydrogen-bond donors (Lipinski definition) is 0. The molecule has 0 saturated carbocycles. The minimum Gasteiger partial charge on any atom is -0.497 e. The number of ether oxygens (including phenoxy) is 1. The fraction of sp³-hybridized carbons (Fsp3) is 0.217. The zero-order valence-electron chi connectivity index (χ0n) is 16.4. The molecule has 1 amide bonds. The summed E-state index contributed by atoms with van der Waals surface area (Å²) < 4.78 is 7.22. The first kappa shape index (κ1) is 17.9. The van der Waals surface area contributed by atoms with Crippen LogP contribution in [-0.2, 0) is 13.5 Å². The molecule has 29 heavy (non-hydrogen) atoms. The predicted octanol–water partition coefficient (Wildman–Crippen LogP) is 4.90. The number of hydrogen-bond acceptors (Lipinski definition) is 4. The topological polar surface area (TPSA) is 47.4 Å². The molecule has 0 bridgehead atoms. The molecule has 0 spiro atoms. The van der Waals surface area contributed by atoms with Gasteiger partial charge in [0.05, 0.1) is 12.0 Å². The summed E-state index contributed by atoms with van der Waals surface area (Å²) in [4.78, 5) is 17.0. The van der Waals surface area contributed by atoms with E-state index in [2.05, 4.69) is 6.07 Å². The Kier molecular flexibility index (Phi) is 4.36. The Morgan fingerprint density at radius 1 is 1.14 bits per heavy atom. The molecule has 3 heterocycles. The number of carbonyl (C=O) groups excluding carboxylic acids is 1. The quantitative estimate of drug-likeness (QED) is 0.489. The molecule has 1 aliphatic heterocycles. The molecule has 4 aromatic rings. The van der Waals surface area contributed by atoms with Gasteiger partial charge in [0.2, 0.25) is 0 Å². The van der Waals surface area contributed by atoms with E-state index in [9.17, 15) is 4.79 Å². The number of methoxy groups -OCH3 is 1. The summed E-state index contributed by atoms with van der Waals surface area (Å²) in [5.41, 5.74) is 4.13. The molecule has 2 aromatic heterocycles. The highest BCUT2D eigenvalue weighted by atomic mass is 32.1. The summed E-state index contributed by atoms with van der Waals surface area (Å²) >= 11 is 1.50. The molecule has 0 radical (unpaired) electrons. The van der Waals surface area contributed by atoms with Crippen molar-refractivity contribution in [2.45, 2.75) is 12.8 Å². The normalized spacial score (nSPS) is 13.5. The molecular formula is C23H21N3O2S. The van der Waals surface area contributed by atoms with Crippen molar-refractivity contribution < 1.29 is 9.53 Å². The van der Waals surface area contributed by atoms with Crippen LogP contribution in [0.1, 0.15) is 21.7 Å². The van der Waals surface area contributed by atoms with Gasteiger partial charge in [0, 0.05) is 30.2 Å². The third kappa shape index (κ3) is 3.00. The van der Waals surface area contributed by atoms with E-state index in [-0.39, 0.29) is 5.91 Å². The fourth-order valence-corrected chi connectivity index (χ4v) is 5.03. The molecule has 1 aliphatic rings. The zero-order chi connectivity index (χ0) is 20.0. The number of amides is 1. The largest absolute Gasteiger partial charge is 0.497 e. The number of anilines is 1. The third-order valence-electron chi connectivity index (χ3n) is 5.42. The Balaban J connectivity index is 1.57. The summed E-state index contributed by atoms with van der Waals surface area (Å²) in [6.45, 7) is 0.755. The van der Waals surface area contributed by atoms with Gasteiger partial charge in [-0.15, -0.1) is 11.3 Å². The average molecular weight is 404 g/mol. The van der Waals surface area contributed by atoms with Gasteiger partial charge in [-0.2, -0.15) is 5.10 Å². The number of fused-ring (bicyclic) bond motifs is 2. The van der Waals surface area contributed by atoms with E-state index in [1.807, 2.05) is 65.2 Å². The van der Waals surface area contributed by atoms with Gasteiger partial charge >= 0.3 is 0 Å². The van der Waals surface area contributed by atoms with Crippen LogP contribution < -0.4 is 9.64 Å². The first-order chi connectivity index (χ1) is 14.2. The Morgan fingerprint density at radius 3 is 2.86 bits per heavy atom. The predicted molar refractivity (Wildman–Crippen MR) is 117 cm³/mol. The molecule has 0 unspecified atom stereocenters. The highest BCUT2D eigenvalue weighted by molar-refractivity contribution is 7.20. The summed E-state index contributed by atoms with van der Waals surface area (Å²) in [6, 6.07) is 18.1. The smallest absolute Gasteiger partial charge is 0.268 e. The number of aromatic nitrogens is 2. The summed E-state index contributed by atoms with van der Waals surface area (Å²) in [5, 5.41) is 5.69. The van der Waals surface area contributed by atoms with Crippen molar-refractivity contribution in [3.63, 3.8) is 0 Å². The van der Waals surface area contributed by atoms with Crippen molar-refractivity contribution in [3.05, 3.63) is 65.0 Å². The van der Waals surface area contributed by atoms with Crippen molar-refractivity contribution in [2.75, 3.05) is 18.6 Å². The lowest BCUT2D eigenvalue weighted by atomic mass is 10.0. The Morgan fingerprint density at radius 2 is 2.00 bits per heavy atom. The number of nitrogens with zero attached hydrogens (tertiary/aromatic N) is 3. The van der Waals surface area contributed by atoms with E-state index in [0.29, 0.717) is 0 Å². The molecule has 2 aromatic carbocycles. The van der Waals surface area contributed by atoms with Crippen molar-refractivity contribution in [2.24, 2.45) is 7.05 Å². The van der Waals surface area contributed by atoms with Crippen molar-refractivity contribution >= 4 is 33.1 Å². The van der Waals surface area contributed by atoms with Crippen LogP contribution in [0.5, 0.6) is 5.75 Å². The van der Waals surface area contributed by atoms with E-state index in [1.165, 1.54) is 16.9 Å². The van der Waals surface area contributed by atoms with Gasteiger partial charge in [-0.05, 0) is 42.7 Å². The van der Waals surface area contributed by atoms with E-state index in [1.54, 1.807) is 7.11 Å². The molecule has 5 nitrogen and oxygen atoms in total. The second-order valence-corrected chi connectivity index (χ2v) is 8.25. The van der Waals surface area contributed by atoms with E-state index in [0.717, 1.165) is 57.2 Å². The van der Waals surface area contributed by atoms with Crippen LogP contribution in [0.25, 0.3) is 21.5 Å². The molecule has 146 valence electrons. The van der Waals surface area contributed by atoms with Crippen molar-refractivity contribution in [1.82, 2.24) is 9.78 Å².